The second kappa shape index (κ2) is 17.2. The molecule has 0 aliphatic carbocycles. The molecule has 0 fully saturated rings. The summed E-state index contributed by atoms with van der Waals surface area (Å²) < 4.78 is 12.0. The van der Waals surface area contributed by atoms with E-state index >= 15 is 0 Å². The zero-order valence-electron chi connectivity index (χ0n) is 28.1. The van der Waals surface area contributed by atoms with Gasteiger partial charge in [-0.3, -0.25) is 24.1 Å². The Morgan fingerprint density at radius 2 is 1.24 bits per heavy atom. The topological polar surface area (TPSA) is 170 Å². The van der Waals surface area contributed by atoms with Gasteiger partial charge in [0.1, 0.15) is 6.61 Å². The summed E-state index contributed by atoms with van der Waals surface area (Å²) in [6.07, 6.45) is 6.07. The van der Waals surface area contributed by atoms with Crippen LogP contribution in [0.5, 0.6) is 0 Å². The fourth-order valence-electron chi connectivity index (χ4n) is 5.03. The van der Waals surface area contributed by atoms with Crippen LogP contribution in [0.4, 0.5) is 11.6 Å². The van der Waals surface area contributed by atoms with E-state index in [1.807, 2.05) is 24.3 Å². The largest absolute Gasteiger partial charge is 0.464 e. The molecule has 2 aromatic carbocycles. The Morgan fingerprint density at radius 3 is 1.75 bits per heavy atom. The molecular formula is C34H36Br2N10O5. The molecule has 0 aliphatic rings. The number of halogens is 2. The quantitative estimate of drug-likeness (QED) is 0.131. The number of aryl methyl sites for hydroxylation is 3. The molecule has 0 saturated carbocycles. The maximum Gasteiger partial charge on any atom is 0.307 e. The zero-order valence-corrected chi connectivity index (χ0v) is 31.3. The van der Waals surface area contributed by atoms with Crippen molar-refractivity contribution in [3.05, 3.63) is 111 Å². The monoisotopic (exact) mass is 822 g/mol. The molecule has 3 heterocycles. The van der Waals surface area contributed by atoms with E-state index in [0.717, 1.165) is 20.1 Å². The van der Waals surface area contributed by atoms with Crippen molar-refractivity contribution >= 4 is 67.2 Å². The van der Waals surface area contributed by atoms with E-state index in [-0.39, 0.29) is 48.7 Å². The Bertz CT molecular complexity index is 1960. The van der Waals surface area contributed by atoms with Crippen LogP contribution in [0.2, 0.25) is 0 Å². The number of hydrogen-bond acceptors (Lipinski definition) is 9. The molecule has 3 amide bonds. The van der Waals surface area contributed by atoms with Crippen LogP contribution in [-0.2, 0) is 43.8 Å². The molecule has 0 radical (unpaired) electrons. The molecule has 3 N–H and O–H groups in total. The minimum absolute atomic E-state index is 0.00468. The van der Waals surface area contributed by atoms with Crippen molar-refractivity contribution in [2.75, 3.05) is 30.3 Å². The Balaban J connectivity index is 1.07. The van der Waals surface area contributed by atoms with Crippen LogP contribution in [0.25, 0.3) is 0 Å². The first kappa shape index (κ1) is 37.1. The molecular weight excluding hydrogens is 788 g/mol. The molecule has 0 atom stereocenters. The summed E-state index contributed by atoms with van der Waals surface area (Å²) in [7, 11) is 4.89. The Morgan fingerprint density at radius 1 is 0.725 bits per heavy atom. The van der Waals surface area contributed by atoms with Gasteiger partial charge in [0, 0.05) is 81.1 Å². The van der Waals surface area contributed by atoms with E-state index in [1.165, 1.54) is 27.7 Å². The average Bonchev–Trinajstić information content (AvgIpc) is 3.80. The highest BCUT2D eigenvalue weighted by atomic mass is 79.9. The summed E-state index contributed by atoms with van der Waals surface area (Å²) in [6, 6.07) is 16.2. The van der Waals surface area contributed by atoms with Crippen molar-refractivity contribution in [1.82, 2.24) is 38.9 Å². The molecule has 0 aliphatic heterocycles. The minimum atomic E-state index is -0.602. The third-order valence-corrected chi connectivity index (χ3v) is 8.65. The van der Waals surface area contributed by atoms with Gasteiger partial charge in [-0.25, -0.2) is 15.0 Å². The second-order valence-electron chi connectivity index (χ2n) is 11.6. The number of hydrogen-bond donors (Lipinski definition) is 3. The third kappa shape index (κ3) is 10.4. The normalized spacial score (nSPS) is 11.0. The van der Waals surface area contributed by atoms with E-state index in [4.69, 9.17) is 4.74 Å². The average molecular weight is 825 g/mol. The second-order valence-corrected chi connectivity index (χ2v) is 13.4. The fraction of sp³-hybridized carbons (Fsp3) is 0.265. The summed E-state index contributed by atoms with van der Waals surface area (Å²) in [5.74, 6) is -1.56. The predicted molar refractivity (Wildman–Crippen MR) is 196 cm³/mol. The maximum atomic E-state index is 13.0. The molecule has 0 unspecified atom stereocenters. The molecule has 3 aromatic heterocycles. The molecule has 15 nitrogen and oxygen atoms in total. The zero-order chi connectivity index (χ0) is 36.5. The van der Waals surface area contributed by atoms with Gasteiger partial charge in [0.05, 0.1) is 6.42 Å². The number of amides is 3. The predicted octanol–water partition coefficient (Wildman–Crippen LogP) is 4.28. The molecule has 5 aromatic rings. The molecule has 266 valence electrons. The van der Waals surface area contributed by atoms with E-state index in [0.29, 0.717) is 19.6 Å². The summed E-state index contributed by atoms with van der Waals surface area (Å²) in [5, 5.41) is 7.90. The SMILES string of the molecule is Cn1cc(NC(=O)c2nc(NC(=O)c3nccn3C)cn2C)nc1C(=O)NCCC(=O)OCCN(Cc1ccc(Br)cc1)Cc1ccc(Br)cc1. The highest BCUT2D eigenvalue weighted by Gasteiger charge is 2.20. The van der Waals surface area contributed by atoms with Crippen molar-refractivity contribution < 1.29 is 23.9 Å². The number of carbonyl (C=O) groups excluding carboxylic acids is 4. The van der Waals surface area contributed by atoms with Crippen LogP contribution in [0.1, 0.15) is 49.4 Å². The highest BCUT2D eigenvalue weighted by molar-refractivity contribution is 9.10. The maximum absolute atomic E-state index is 13.0. The first-order valence-corrected chi connectivity index (χ1v) is 17.4. The highest BCUT2D eigenvalue weighted by Crippen LogP contribution is 2.17. The first-order chi connectivity index (χ1) is 24.4. The number of anilines is 2. The Hall–Kier alpha value is -5.13. The number of nitrogens with zero attached hydrogens (tertiary/aromatic N) is 7. The van der Waals surface area contributed by atoms with E-state index in [2.05, 4.69) is 91.9 Å². The number of nitrogens with one attached hydrogen (secondary N) is 3. The van der Waals surface area contributed by atoms with Gasteiger partial charge < -0.3 is 34.4 Å². The number of imidazole rings is 3. The number of aromatic nitrogens is 6. The third-order valence-electron chi connectivity index (χ3n) is 7.59. The van der Waals surface area contributed by atoms with Crippen molar-refractivity contribution in [3.8, 4) is 0 Å². The van der Waals surface area contributed by atoms with Gasteiger partial charge in [-0.2, -0.15) is 0 Å². The molecule has 0 spiro atoms. The number of benzene rings is 2. The van der Waals surface area contributed by atoms with Crippen molar-refractivity contribution in [2.24, 2.45) is 21.1 Å². The van der Waals surface area contributed by atoms with Crippen LogP contribution in [0.15, 0.2) is 82.3 Å². The van der Waals surface area contributed by atoms with Gasteiger partial charge in [-0.1, -0.05) is 56.1 Å². The van der Waals surface area contributed by atoms with Crippen LogP contribution in [0, 0.1) is 0 Å². The van der Waals surface area contributed by atoms with Crippen LogP contribution in [-0.4, -0.2) is 76.9 Å². The van der Waals surface area contributed by atoms with Crippen LogP contribution >= 0.6 is 31.9 Å². The van der Waals surface area contributed by atoms with Crippen LogP contribution in [0.3, 0.4) is 0 Å². The van der Waals surface area contributed by atoms with Crippen molar-refractivity contribution in [3.63, 3.8) is 0 Å². The number of ether oxygens (including phenoxy) is 1. The Kier molecular flexibility index (Phi) is 12.5. The van der Waals surface area contributed by atoms with Gasteiger partial charge in [-0.05, 0) is 35.4 Å². The Labute approximate surface area is 310 Å². The smallest absolute Gasteiger partial charge is 0.307 e. The number of rotatable bonds is 15. The fourth-order valence-corrected chi connectivity index (χ4v) is 5.56. The molecule has 51 heavy (non-hydrogen) atoms. The summed E-state index contributed by atoms with van der Waals surface area (Å²) in [5.41, 5.74) is 2.27. The lowest BCUT2D eigenvalue weighted by atomic mass is 10.1. The summed E-state index contributed by atoms with van der Waals surface area (Å²) >= 11 is 6.94. The molecule has 17 heteroatoms. The lowest BCUT2D eigenvalue weighted by molar-refractivity contribution is -0.144. The molecule has 0 bridgehead atoms. The minimum Gasteiger partial charge on any atom is -0.464 e. The number of esters is 1. The van der Waals surface area contributed by atoms with Gasteiger partial charge in [0.25, 0.3) is 17.7 Å². The van der Waals surface area contributed by atoms with Gasteiger partial charge in [0.15, 0.2) is 17.5 Å². The first-order valence-electron chi connectivity index (χ1n) is 15.8. The lowest BCUT2D eigenvalue weighted by Gasteiger charge is -2.22. The lowest BCUT2D eigenvalue weighted by Crippen LogP contribution is -2.30. The van der Waals surface area contributed by atoms with E-state index < -0.39 is 23.7 Å². The summed E-state index contributed by atoms with van der Waals surface area (Å²) in [4.78, 5) is 65.4. The van der Waals surface area contributed by atoms with Gasteiger partial charge >= 0.3 is 5.97 Å². The van der Waals surface area contributed by atoms with Crippen LogP contribution < -0.4 is 16.0 Å². The van der Waals surface area contributed by atoms with Gasteiger partial charge in [0.2, 0.25) is 11.6 Å². The van der Waals surface area contributed by atoms with Crippen molar-refractivity contribution in [2.45, 2.75) is 19.5 Å². The standard InChI is InChI=1S/C34H36Br2N10O5/c1-43-15-14-37-29(43)33(49)41-27-21-45(3)31(40-27)34(50)42-26-20-44(2)30(39-26)32(48)38-13-12-28(47)51-17-16-46(18-22-4-8-24(35)9-5-22)19-23-6-10-25(36)11-7-23/h4-11,14-15,20-21H,12-13,16-19H2,1-3H3,(H,38,48)(H,41,49)(H,42,50). The van der Waals surface area contributed by atoms with E-state index in [9.17, 15) is 19.2 Å². The summed E-state index contributed by atoms with van der Waals surface area (Å²) in [6.45, 7) is 2.10. The molecule has 5 rings (SSSR count). The van der Waals surface area contributed by atoms with Gasteiger partial charge in [-0.15, -0.1) is 0 Å². The van der Waals surface area contributed by atoms with E-state index in [1.54, 1.807) is 31.9 Å². The molecule has 0 saturated heterocycles. The number of carbonyl (C=O) groups is 4. The van der Waals surface area contributed by atoms with Crippen molar-refractivity contribution in [1.29, 1.82) is 0 Å².